The number of ether oxygens (including phenoxy) is 2. The molecule has 22 heavy (non-hydrogen) atoms. The van der Waals surface area contributed by atoms with E-state index < -0.39 is 5.97 Å². The van der Waals surface area contributed by atoms with Crippen LogP contribution in [0.15, 0.2) is 12.1 Å². The van der Waals surface area contributed by atoms with Crippen LogP contribution in [0.4, 0.5) is 5.69 Å². The second-order valence-electron chi connectivity index (χ2n) is 6.14. The lowest BCUT2D eigenvalue weighted by atomic mass is 9.80. The van der Waals surface area contributed by atoms with Crippen molar-refractivity contribution in [2.45, 2.75) is 44.1 Å². The zero-order valence-corrected chi connectivity index (χ0v) is 13.2. The van der Waals surface area contributed by atoms with Gasteiger partial charge in [-0.1, -0.05) is 0 Å². The molecule has 2 atom stereocenters. The summed E-state index contributed by atoms with van der Waals surface area (Å²) in [6.45, 7) is 1.02. The smallest absolute Gasteiger partial charge is 0.303 e. The van der Waals surface area contributed by atoms with Gasteiger partial charge in [-0.15, -0.1) is 0 Å². The Morgan fingerprint density at radius 1 is 1.32 bits per heavy atom. The number of carboxylic acid groups (broad SMARTS) is 1. The molecular weight excluding hydrogens is 282 g/mol. The molecule has 2 heterocycles. The van der Waals surface area contributed by atoms with Crippen molar-refractivity contribution in [3.8, 4) is 11.5 Å². The fourth-order valence-electron chi connectivity index (χ4n) is 3.93. The molecule has 0 unspecified atom stereocenters. The van der Waals surface area contributed by atoms with Crippen molar-refractivity contribution >= 4 is 11.7 Å². The largest absolute Gasteiger partial charge is 0.497 e. The fourth-order valence-corrected chi connectivity index (χ4v) is 3.93. The van der Waals surface area contributed by atoms with E-state index in [1.165, 1.54) is 12.8 Å². The number of benzene rings is 1. The molecule has 1 aromatic carbocycles. The highest BCUT2D eigenvalue weighted by Gasteiger charge is 2.37. The number of rotatable bonds is 4. The number of nitrogens with zero attached hydrogens (tertiary/aromatic N) is 1. The van der Waals surface area contributed by atoms with E-state index in [1.54, 1.807) is 14.2 Å². The van der Waals surface area contributed by atoms with Crippen molar-refractivity contribution in [3.63, 3.8) is 0 Å². The molecule has 3 rings (SSSR count). The second-order valence-corrected chi connectivity index (χ2v) is 6.14. The topological polar surface area (TPSA) is 59.0 Å². The van der Waals surface area contributed by atoms with Crippen molar-refractivity contribution < 1.29 is 19.4 Å². The minimum atomic E-state index is -0.752. The highest BCUT2D eigenvalue weighted by atomic mass is 16.5. The van der Waals surface area contributed by atoms with Crippen LogP contribution in [0.1, 0.15) is 43.6 Å². The standard InChI is InChI=1S/C17H23NO4/c1-21-13-9-14-17(15(10-13)22-2)11(8-16(19)20)7-12-5-3-4-6-18(12)14/h9-12H,3-8H2,1-2H3,(H,19,20)/t11-,12+/m0/s1. The fraction of sp³-hybridized carbons (Fsp3) is 0.588. The van der Waals surface area contributed by atoms with E-state index in [-0.39, 0.29) is 12.3 Å². The summed E-state index contributed by atoms with van der Waals surface area (Å²) in [7, 11) is 3.28. The summed E-state index contributed by atoms with van der Waals surface area (Å²) in [5.74, 6) is 0.756. The van der Waals surface area contributed by atoms with Crippen LogP contribution in [0.5, 0.6) is 11.5 Å². The van der Waals surface area contributed by atoms with Crippen LogP contribution in [0.3, 0.4) is 0 Å². The van der Waals surface area contributed by atoms with Gasteiger partial charge in [-0.3, -0.25) is 4.79 Å². The zero-order chi connectivity index (χ0) is 15.7. The molecule has 1 N–H and O–H groups in total. The van der Waals surface area contributed by atoms with Gasteiger partial charge in [0, 0.05) is 41.9 Å². The van der Waals surface area contributed by atoms with Gasteiger partial charge in [-0.2, -0.15) is 0 Å². The maximum atomic E-state index is 11.3. The van der Waals surface area contributed by atoms with Crippen LogP contribution in [0.2, 0.25) is 0 Å². The normalized spacial score (nSPS) is 23.5. The van der Waals surface area contributed by atoms with E-state index in [0.717, 1.165) is 42.1 Å². The molecule has 0 aliphatic carbocycles. The lowest BCUT2D eigenvalue weighted by Gasteiger charge is -2.45. The lowest BCUT2D eigenvalue weighted by molar-refractivity contribution is -0.137. The van der Waals surface area contributed by atoms with E-state index >= 15 is 0 Å². The average Bonchev–Trinajstić information content (AvgIpc) is 2.53. The number of methoxy groups -OCH3 is 2. The van der Waals surface area contributed by atoms with Crippen LogP contribution in [-0.2, 0) is 4.79 Å². The van der Waals surface area contributed by atoms with E-state index in [1.807, 2.05) is 12.1 Å². The first-order chi connectivity index (χ1) is 10.6. The van der Waals surface area contributed by atoms with Crippen molar-refractivity contribution in [2.24, 2.45) is 0 Å². The third-order valence-corrected chi connectivity index (χ3v) is 4.87. The molecule has 0 spiro atoms. The highest BCUT2D eigenvalue weighted by Crippen LogP contribution is 2.48. The van der Waals surface area contributed by atoms with Crippen molar-refractivity contribution in [1.29, 1.82) is 0 Å². The number of carbonyl (C=O) groups is 1. The van der Waals surface area contributed by atoms with Crippen molar-refractivity contribution in [2.75, 3.05) is 25.7 Å². The third-order valence-electron chi connectivity index (χ3n) is 4.87. The molecule has 5 nitrogen and oxygen atoms in total. The molecule has 2 aliphatic rings. The average molecular weight is 305 g/mol. The first kappa shape index (κ1) is 15.0. The summed E-state index contributed by atoms with van der Waals surface area (Å²) in [4.78, 5) is 13.7. The van der Waals surface area contributed by atoms with Gasteiger partial charge in [0.25, 0.3) is 0 Å². The van der Waals surface area contributed by atoms with Crippen molar-refractivity contribution in [3.05, 3.63) is 17.7 Å². The molecule has 0 aromatic heterocycles. The Balaban J connectivity index is 2.10. The van der Waals surface area contributed by atoms with Crippen LogP contribution in [-0.4, -0.2) is 37.9 Å². The van der Waals surface area contributed by atoms with Gasteiger partial charge in [0.05, 0.1) is 20.6 Å². The minimum absolute atomic E-state index is 0.00714. The molecule has 120 valence electrons. The van der Waals surface area contributed by atoms with E-state index in [4.69, 9.17) is 9.47 Å². The molecule has 5 heteroatoms. The SMILES string of the molecule is COc1cc(OC)c2c(c1)N1CCCC[C@@H]1C[C@H]2CC(=O)O. The van der Waals surface area contributed by atoms with Gasteiger partial charge >= 0.3 is 5.97 Å². The summed E-state index contributed by atoms with van der Waals surface area (Å²) in [6, 6.07) is 4.32. The molecule has 0 saturated carbocycles. The predicted molar refractivity (Wildman–Crippen MR) is 84.1 cm³/mol. The monoisotopic (exact) mass is 305 g/mol. The number of aliphatic carboxylic acids is 1. The number of hydrogen-bond acceptors (Lipinski definition) is 4. The molecule has 1 fully saturated rings. The first-order valence-electron chi connectivity index (χ1n) is 7.88. The van der Waals surface area contributed by atoms with E-state index in [2.05, 4.69) is 4.90 Å². The summed E-state index contributed by atoms with van der Waals surface area (Å²) in [6.07, 6.45) is 4.58. The van der Waals surface area contributed by atoms with Gasteiger partial charge < -0.3 is 19.5 Å². The summed E-state index contributed by atoms with van der Waals surface area (Å²) >= 11 is 0. The Hall–Kier alpha value is -1.91. The Morgan fingerprint density at radius 3 is 2.82 bits per heavy atom. The van der Waals surface area contributed by atoms with E-state index in [9.17, 15) is 9.90 Å². The number of anilines is 1. The van der Waals surface area contributed by atoms with Crippen LogP contribution >= 0.6 is 0 Å². The van der Waals surface area contributed by atoms with Crippen molar-refractivity contribution in [1.82, 2.24) is 0 Å². The molecule has 0 radical (unpaired) electrons. The van der Waals surface area contributed by atoms with E-state index in [0.29, 0.717) is 6.04 Å². The van der Waals surface area contributed by atoms with Gasteiger partial charge in [-0.05, 0) is 25.7 Å². The first-order valence-corrected chi connectivity index (χ1v) is 7.88. The third kappa shape index (κ3) is 2.60. The number of piperidine rings is 1. The maximum Gasteiger partial charge on any atom is 0.303 e. The van der Waals surface area contributed by atoms with Crippen LogP contribution in [0.25, 0.3) is 0 Å². The number of carboxylic acids is 1. The molecule has 0 amide bonds. The highest BCUT2D eigenvalue weighted by molar-refractivity contribution is 5.72. The van der Waals surface area contributed by atoms with Gasteiger partial charge in [0.2, 0.25) is 0 Å². The Kier molecular flexibility index (Phi) is 4.14. The minimum Gasteiger partial charge on any atom is -0.497 e. The number of hydrogen-bond donors (Lipinski definition) is 1. The summed E-state index contributed by atoms with van der Waals surface area (Å²) < 4.78 is 10.9. The van der Waals surface area contributed by atoms with Crippen LogP contribution < -0.4 is 14.4 Å². The zero-order valence-electron chi connectivity index (χ0n) is 13.2. The number of fused-ring (bicyclic) bond motifs is 3. The predicted octanol–water partition coefficient (Wildman–Crippen LogP) is 3.02. The molecule has 0 bridgehead atoms. The molecular formula is C17H23NO4. The summed E-state index contributed by atoms with van der Waals surface area (Å²) in [5, 5.41) is 9.27. The van der Waals surface area contributed by atoms with Gasteiger partial charge in [0.15, 0.2) is 0 Å². The molecule has 2 aliphatic heterocycles. The molecule has 1 saturated heterocycles. The Labute approximate surface area is 130 Å². The Morgan fingerprint density at radius 2 is 2.14 bits per heavy atom. The second kappa shape index (κ2) is 6.07. The Bertz CT molecular complexity index is 572. The lowest BCUT2D eigenvalue weighted by Crippen LogP contribution is -2.44. The van der Waals surface area contributed by atoms with Gasteiger partial charge in [0.1, 0.15) is 11.5 Å². The quantitative estimate of drug-likeness (QED) is 0.926. The summed E-state index contributed by atoms with van der Waals surface area (Å²) in [5.41, 5.74) is 2.13. The maximum absolute atomic E-state index is 11.3. The molecule has 1 aromatic rings. The van der Waals surface area contributed by atoms with Gasteiger partial charge in [-0.25, -0.2) is 0 Å². The van der Waals surface area contributed by atoms with Crippen LogP contribution in [0, 0.1) is 0 Å².